The number of carboxylic acids is 1. The van der Waals surface area contributed by atoms with Crippen molar-refractivity contribution in [2.75, 3.05) is 5.32 Å². The van der Waals surface area contributed by atoms with Crippen LogP contribution in [0, 0.1) is 5.82 Å². The van der Waals surface area contributed by atoms with Gasteiger partial charge in [-0.2, -0.15) is 0 Å². The van der Waals surface area contributed by atoms with E-state index in [0.717, 1.165) is 18.2 Å². The topological polar surface area (TPSA) is 107 Å². The summed E-state index contributed by atoms with van der Waals surface area (Å²) in [4.78, 5) is 20.4. The maximum atomic E-state index is 13.2. The lowest BCUT2D eigenvalue weighted by molar-refractivity contribution is -0.147. The Morgan fingerprint density at radius 1 is 1.44 bits per heavy atom. The number of amides is 1. The number of benzene rings is 1. The Kier molecular flexibility index (Phi) is 3.69. The average Bonchev–Trinajstić information content (AvgIpc) is 2.20. The van der Waals surface area contributed by atoms with Crippen LogP contribution in [-0.4, -0.2) is 25.7 Å². The molecule has 0 saturated carbocycles. The molecule has 0 fully saturated rings. The quantitative estimate of drug-likeness (QED) is 0.568. The van der Waals surface area contributed by atoms with Crippen LogP contribution in [0.1, 0.15) is 0 Å². The summed E-state index contributed by atoms with van der Waals surface area (Å²) in [5.41, 5.74) is -0.678. The summed E-state index contributed by atoms with van der Waals surface area (Å²) in [5.74, 6) is -4.39. The Hall–Kier alpha value is -1.80. The molecule has 0 heterocycles. The van der Waals surface area contributed by atoms with Gasteiger partial charge in [0, 0.05) is 0 Å². The van der Waals surface area contributed by atoms with Gasteiger partial charge in [0.25, 0.3) is 0 Å². The van der Waals surface area contributed by atoms with Crippen molar-refractivity contribution in [1.82, 2.24) is 0 Å². The highest BCUT2D eigenvalue weighted by molar-refractivity contribution is 7.79. The van der Waals surface area contributed by atoms with Gasteiger partial charge in [0.1, 0.15) is 5.82 Å². The molecule has 1 rings (SSSR count). The minimum absolute atomic E-state index is 0.519. The Morgan fingerprint density at radius 3 is 2.56 bits per heavy atom. The molecule has 1 amide bonds. The van der Waals surface area contributed by atoms with Gasteiger partial charge in [0.2, 0.25) is 0 Å². The van der Waals surface area contributed by atoms with Crippen LogP contribution in [0.2, 0.25) is 0 Å². The molecule has 0 aliphatic carbocycles. The van der Waals surface area contributed by atoms with Gasteiger partial charge >= 0.3 is 11.9 Å². The lowest BCUT2D eigenvalue weighted by atomic mass is 10.3. The van der Waals surface area contributed by atoms with Gasteiger partial charge in [-0.1, -0.05) is 6.07 Å². The zero-order valence-electron chi connectivity index (χ0n) is 7.60. The van der Waals surface area contributed by atoms with E-state index in [1.165, 1.54) is 0 Å². The van der Waals surface area contributed by atoms with Gasteiger partial charge in [-0.3, -0.25) is 9.00 Å². The molecule has 0 aromatic heterocycles. The second-order valence-electron chi connectivity index (χ2n) is 2.61. The summed E-state index contributed by atoms with van der Waals surface area (Å²) >= 11 is -2.78. The Balaban J connectivity index is 3.16. The first-order valence-electron chi connectivity index (χ1n) is 3.85. The lowest BCUT2D eigenvalue weighted by Crippen LogP contribution is -2.23. The van der Waals surface area contributed by atoms with Crippen LogP contribution in [-0.2, 0) is 20.7 Å². The van der Waals surface area contributed by atoms with Crippen LogP contribution in [0.5, 0.6) is 0 Å². The van der Waals surface area contributed by atoms with Crippen molar-refractivity contribution in [3.05, 3.63) is 24.0 Å². The number of carbonyl (C=O) groups excluding carboxylic acids is 1. The van der Waals surface area contributed by atoms with Crippen LogP contribution in [0.3, 0.4) is 0 Å². The number of anilines is 1. The van der Waals surface area contributed by atoms with E-state index in [1.807, 2.05) is 0 Å². The number of rotatable bonds is 2. The third kappa shape index (κ3) is 2.61. The van der Waals surface area contributed by atoms with Gasteiger partial charge in [-0.05, 0) is 23.2 Å². The Morgan fingerprint density at radius 2 is 2.06 bits per heavy atom. The standard InChI is InChI=1S/C8H6FNO5S/c9-4-2-1-3-5(16(14)15)6(4)10-7(11)8(12)13/h1-3H,(H,10,11)(H,12,13)(H,14,15)/p-1. The van der Waals surface area contributed by atoms with Crippen LogP contribution < -0.4 is 5.32 Å². The molecular formula is C8H5FNO5S-. The van der Waals surface area contributed by atoms with Gasteiger partial charge in [-0.25, -0.2) is 9.18 Å². The monoisotopic (exact) mass is 246 g/mol. The van der Waals surface area contributed by atoms with Crippen LogP contribution in [0.25, 0.3) is 0 Å². The van der Waals surface area contributed by atoms with Crippen molar-refractivity contribution in [2.24, 2.45) is 0 Å². The summed E-state index contributed by atoms with van der Waals surface area (Å²) in [7, 11) is 0. The maximum Gasteiger partial charge on any atom is 0.394 e. The molecule has 0 bridgehead atoms. The molecule has 1 unspecified atom stereocenters. The summed E-state index contributed by atoms with van der Waals surface area (Å²) in [5, 5.41) is 9.93. The molecular weight excluding hydrogens is 241 g/mol. The van der Waals surface area contributed by atoms with E-state index >= 15 is 0 Å². The fourth-order valence-electron chi connectivity index (χ4n) is 0.932. The van der Waals surface area contributed by atoms with E-state index in [-0.39, 0.29) is 0 Å². The normalized spacial score (nSPS) is 11.9. The molecule has 0 aliphatic heterocycles. The number of hydrogen-bond donors (Lipinski definition) is 2. The molecule has 0 spiro atoms. The summed E-state index contributed by atoms with van der Waals surface area (Å²) in [6.45, 7) is 0. The van der Waals surface area contributed by atoms with E-state index < -0.39 is 39.4 Å². The van der Waals surface area contributed by atoms with E-state index in [1.54, 1.807) is 5.32 Å². The third-order valence-corrected chi connectivity index (χ3v) is 2.29. The van der Waals surface area contributed by atoms with E-state index in [2.05, 4.69) is 0 Å². The predicted molar refractivity (Wildman–Crippen MR) is 49.9 cm³/mol. The Bertz CT molecular complexity index is 475. The van der Waals surface area contributed by atoms with Crippen molar-refractivity contribution < 1.29 is 27.8 Å². The number of aliphatic carboxylic acids is 1. The lowest BCUT2D eigenvalue weighted by Gasteiger charge is -2.12. The smallest absolute Gasteiger partial charge is 0.394 e. The first-order chi connectivity index (χ1) is 7.43. The van der Waals surface area contributed by atoms with Gasteiger partial charge in [-0.15, -0.1) is 0 Å². The minimum Gasteiger partial charge on any atom is -0.768 e. The highest BCUT2D eigenvalue weighted by atomic mass is 32.2. The number of halogens is 1. The number of hydrogen-bond acceptors (Lipinski definition) is 4. The fraction of sp³-hybridized carbons (Fsp3) is 0. The van der Waals surface area contributed by atoms with Gasteiger partial charge < -0.3 is 15.0 Å². The molecule has 0 aliphatic rings. The first-order valence-corrected chi connectivity index (χ1v) is 4.93. The highest BCUT2D eigenvalue weighted by Crippen LogP contribution is 2.22. The molecule has 0 saturated heterocycles. The van der Waals surface area contributed by atoms with E-state index in [9.17, 15) is 22.7 Å². The number of carbonyl (C=O) groups is 2. The zero-order valence-corrected chi connectivity index (χ0v) is 8.41. The zero-order chi connectivity index (χ0) is 12.3. The number of carboxylic acid groups (broad SMARTS) is 1. The predicted octanol–water partition coefficient (Wildman–Crippen LogP) is 0.0868. The van der Waals surface area contributed by atoms with Crippen LogP contribution in [0.15, 0.2) is 23.1 Å². The van der Waals surface area contributed by atoms with Crippen LogP contribution in [0.4, 0.5) is 10.1 Å². The van der Waals surface area contributed by atoms with Crippen molar-refractivity contribution in [3.63, 3.8) is 0 Å². The summed E-state index contributed by atoms with van der Waals surface area (Å²) < 4.78 is 34.5. The number of nitrogens with one attached hydrogen (secondary N) is 1. The second-order valence-corrected chi connectivity index (χ2v) is 3.52. The third-order valence-electron chi connectivity index (χ3n) is 1.59. The molecule has 1 aromatic rings. The molecule has 1 atom stereocenters. The van der Waals surface area contributed by atoms with E-state index in [4.69, 9.17) is 5.11 Å². The highest BCUT2D eigenvalue weighted by Gasteiger charge is 2.16. The molecule has 16 heavy (non-hydrogen) atoms. The van der Waals surface area contributed by atoms with Gasteiger partial charge in [0.15, 0.2) is 0 Å². The summed E-state index contributed by atoms with van der Waals surface area (Å²) in [6.07, 6.45) is 0. The molecule has 6 nitrogen and oxygen atoms in total. The van der Waals surface area contributed by atoms with Crippen molar-refractivity contribution in [2.45, 2.75) is 4.90 Å². The second kappa shape index (κ2) is 4.81. The maximum absolute atomic E-state index is 13.2. The molecule has 2 N–H and O–H groups in total. The molecule has 1 aromatic carbocycles. The fourth-order valence-corrected chi connectivity index (χ4v) is 1.44. The largest absolute Gasteiger partial charge is 0.768 e. The number of para-hydroxylation sites is 1. The minimum atomic E-state index is -2.78. The van der Waals surface area contributed by atoms with Crippen LogP contribution >= 0.6 is 0 Å². The SMILES string of the molecule is O=C(O)C(=O)Nc1c(F)cccc1S(=O)[O-]. The van der Waals surface area contributed by atoms with Gasteiger partial charge in [0.05, 0.1) is 10.6 Å². The molecule has 0 radical (unpaired) electrons. The van der Waals surface area contributed by atoms with Crippen molar-refractivity contribution >= 4 is 28.6 Å². The average molecular weight is 246 g/mol. The van der Waals surface area contributed by atoms with Crippen molar-refractivity contribution in [1.29, 1.82) is 0 Å². The van der Waals surface area contributed by atoms with Crippen molar-refractivity contribution in [3.8, 4) is 0 Å². The Labute approximate surface area is 91.4 Å². The first kappa shape index (κ1) is 12.3. The van der Waals surface area contributed by atoms with E-state index in [0.29, 0.717) is 0 Å². The summed E-state index contributed by atoms with van der Waals surface area (Å²) in [6, 6.07) is 3.05. The molecule has 8 heteroatoms. The molecule has 86 valence electrons.